The van der Waals surface area contributed by atoms with Gasteiger partial charge in [-0.2, -0.15) is 0 Å². The molecule has 0 atom stereocenters. The normalized spacial score (nSPS) is 11.3. The summed E-state index contributed by atoms with van der Waals surface area (Å²) in [5, 5.41) is 1.15. The van der Waals surface area contributed by atoms with Crippen molar-refractivity contribution in [3.05, 3.63) is 12.2 Å². The average molecular weight is 431 g/mol. The van der Waals surface area contributed by atoms with Gasteiger partial charge >= 0.3 is 5.97 Å². The van der Waals surface area contributed by atoms with Crippen LogP contribution in [-0.4, -0.2) is 17.9 Å². The van der Waals surface area contributed by atoms with Crippen molar-refractivity contribution in [3.8, 4) is 0 Å². The minimum atomic E-state index is -0.167. The third-order valence-corrected chi connectivity index (χ3v) is 5.31. The number of alkyl halides is 1. The summed E-state index contributed by atoms with van der Waals surface area (Å²) < 4.78 is 5.25. The molecule has 0 saturated heterocycles. The second-order valence-electron chi connectivity index (χ2n) is 7.35. The Labute approximate surface area is 171 Å². The van der Waals surface area contributed by atoms with Gasteiger partial charge in [-0.3, -0.25) is 0 Å². The molecule has 0 bridgehead atoms. The number of ether oxygens (including phenoxy) is 1. The van der Waals surface area contributed by atoms with Crippen molar-refractivity contribution in [3.63, 3.8) is 0 Å². The lowest BCUT2D eigenvalue weighted by molar-refractivity contribution is -0.137. The zero-order valence-corrected chi connectivity index (χ0v) is 18.9. The molecule has 0 heterocycles. The largest absolute Gasteiger partial charge is 0.463 e. The molecule has 0 spiro atoms. The van der Waals surface area contributed by atoms with E-state index >= 15 is 0 Å². The van der Waals surface area contributed by atoms with Crippen LogP contribution in [-0.2, 0) is 9.53 Å². The predicted octanol–water partition coefficient (Wildman–Crippen LogP) is 8.13. The van der Waals surface area contributed by atoms with Gasteiger partial charge in [0, 0.05) is 11.4 Å². The van der Waals surface area contributed by atoms with Crippen LogP contribution < -0.4 is 0 Å². The van der Waals surface area contributed by atoms with Crippen molar-refractivity contribution in [2.75, 3.05) is 11.9 Å². The van der Waals surface area contributed by atoms with Crippen LogP contribution in [0.4, 0.5) is 0 Å². The van der Waals surface area contributed by atoms with Crippen LogP contribution in [0.1, 0.15) is 116 Å². The molecule has 0 aromatic carbocycles. The van der Waals surface area contributed by atoms with Gasteiger partial charge in [-0.25, -0.2) is 4.79 Å². The third-order valence-electron chi connectivity index (χ3n) is 4.75. The summed E-state index contributed by atoms with van der Waals surface area (Å²) in [7, 11) is 0. The van der Waals surface area contributed by atoms with Crippen LogP contribution in [0, 0.1) is 0 Å². The van der Waals surface area contributed by atoms with E-state index in [1.54, 1.807) is 6.08 Å². The molecule has 0 fully saturated rings. The summed E-state index contributed by atoms with van der Waals surface area (Å²) in [6.45, 7) is 2.82. The Morgan fingerprint density at radius 3 is 1.81 bits per heavy atom. The Morgan fingerprint density at radius 2 is 1.23 bits per heavy atom. The number of hydrogen-bond donors (Lipinski definition) is 0. The van der Waals surface area contributed by atoms with Crippen LogP contribution in [0.5, 0.6) is 0 Å². The summed E-state index contributed by atoms with van der Waals surface area (Å²) >= 11 is 3.48. The number of esters is 1. The number of rotatable bonds is 20. The molecule has 0 unspecified atom stereocenters. The number of allylic oxidation sites excluding steroid dienone is 1. The predicted molar refractivity (Wildman–Crippen MR) is 118 cm³/mol. The van der Waals surface area contributed by atoms with E-state index in [0.717, 1.165) is 18.2 Å². The first-order valence-corrected chi connectivity index (χ1v) is 12.3. The van der Waals surface area contributed by atoms with Gasteiger partial charge < -0.3 is 4.74 Å². The number of unbranched alkanes of at least 4 members (excludes halogenated alkanes) is 15. The van der Waals surface area contributed by atoms with Crippen LogP contribution in [0.2, 0.25) is 0 Å². The van der Waals surface area contributed by atoms with E-state index in [9.17, 15) is 4.79 Å². The lowest BCUT2D eigenvalue weighted by Gasteiger charge is -2.03. The van der Waals surface area contributed by atoms with E-state index in [1.165, 1.54) is 96.3 Å². The van der Waals surface area contributed by atoms with Crippen LogP contribution in [0.15, 0.2) is 12.2 Å². The molecular weight excluding hydrogens is 388 g/mol. The maximum absolute atomic E-state index is 11.6. The van der Waals surface area contributed by atoms with Gasteiger partial charge in [0.1, 0.15) is 0 Å². The molecule has 26 heavy (non-hydrogen) atoms. The van der Waals surface area contributed by atoms with E-state index in [1.807, 2.05) is 6.08 Å². The molecule has 0 radical (unpaired) electrons. The molecule has 0 aliphatic carbocycles. The van der Waals surface area contributed by atoms with Crippen LogP contribution >= 0.6 is 15.9 Å². The number of halogens is 1. The van der Waals surface area contributed by atoms with E-state index in [-0.39, 0.29) is 5.97 Å². The molecule has 0 aromatic heterocycles. The summed E-state index contributed by atoms with van der Waals surface area (Å²) in [5.41, 5.74) is 0. The van der Waals surface area contributed by atoms with Crippen molar-refractivity contribution >= 4 is 21.9 Å². The highest BCUT2D eigenvalue weighted by atomic mass is 79.9. The zero-order valence-electron chi connectivity index (χ0n) is 17.3. The Hall–Kier alpha value is -0.310. The average Bonchev–Trinajstić information content (AvgIpc) is 2.65. The molecular formula is C23H43BrO2. The van der Waals surface area contributed by atoms with Gasteiger partial charge in [0.25, 0.3) is 0 Å². The lowest BCUT2D eigenvalue weighted by atomic mass is 10.1. The number of carbonyl (C=O) groups excluding carboxylic acids is 1. The Morgan fingerprint density at radius 1 is 0.731 bits per heavy atom. The first-order valence-electron chi connectivity index (χ1n) is 11.2. The van der Waals surface area contributed by atoms with Gasteiger partial charge in [0.15, 0.2) is 0 Å². The molecule has 3 heteroatoms. The van der Waals surface area contributed by atoms with E-state index in [0.29, 0.717) is 6.61 Å². The maximum atomic E-state index is 11.6. The fraction of sp³-hybridized carbons (Fsp3) is 0.870. The second kappa shape index (κ2) is 22.7. The van der Waals surface area contributed by atoms with Crippen molar-refractivity contribution < 1.29 is 9.53 Å². The second-order valence-corrected chi connectivity index (χ2v) is 8.14. The van der Waals surface area contributed by atoms with Crippen molar-refractivity contribution in [1.29, 1.82) is 0 Å². The number of carbonyl (C=O) groups is 1. The first kappa shape index (κ1) is 25.7. The van der Waals surface area contributed by atoms with Gasteiger partial charge in [-0.1, -0.05) is 112 Å². The molecule has 0 saturated carbocycles. The van der Waals surface area contributed by atoms with Gasteiger partial charge in [-0.05, 0) is 25.7 Å². The van der Waals surface area contributed by atoms with Gasteiger partial charge in [0.05, 0.1) is 6.61 Å². The maximum Gasteiger partial charge on any atom is 0.330 e. The smallest absolute Gasteiger partial charge is 0.330 e. The fourth-order valence-corrected chi connectivity index (χ4v) is 3.45. The topological polar surface area (TPSA) is 26.3 Å². The number of hydrogen-bond acceptors (Lipinski definition) is 2. The van der Waals surface area contributed by atoms with Crippen molar-refractivity contribution in [2.45, 2.75) is 116 Å². The Kier molecular flexibility index (Phi) is 22.5. The minimum Gasteiger partial charge on any atom is -0.463 e. The summed E-state index contributed by atoms with van der Waals surface area (Å²) in [5.74, 6) is -0.167. The summed E-state index contributed by atoms with van der Waals surface area (Å²) in [6, 6.07) is 0. The summed E-state index contributed by atoms with van der Waals surface area (Å²) in [6.07, 6.45) is 25.3. The fourth-order valence-electron chi connectivity index (χ4n) is 3.05. The van der Waals surface area contributed by atoms with Crippen LogP contribution in [0.3, 0.4) is 0 Å². The Bertz CT molecular complexity index is 315. The molecule has 0 rings (SSSR count). The third kappa shape index (κ3) is 21.7. The highest BCUT2D eigenvalue weighted by molar-refractivity contribution is 9.09. The quantitative estimate of drug-likeness (QED) is 0.0842. The zero-order chi connectivity index (χ0) is 19.1. The minimum absolute atomic E-state index is 0.167. The summed E-state index contributed by atoms with van der Waals surface area (Å²) in [4.78, 5) is 11.6. The van der Waals surface area contributed by atoms with Crippen molar-refractivity contribution in [1.82, 2.24) is 0 Å². The van der Waals surface area contributed by atoms with Crippen LogP contribution in [0.25, 0.3) is 0 Å². The molecule has 2 nitrogen and oxygen atoms in total. The molecule has 0 aliphatic heterocycles. The molecule has 0 amide bonds. The van der Waals surface area contributed by atoms with Gasteiger partial charge in [-0.15, -0.1) is 0 Å². The SMILES string of the molecule is CCCCCCCC/C=C/C(=O)OCCCCCCCCCCCCBr. The monoisotopic (exact) mass is 430 g/mol. The van der Waals surface area contributed by atoms with E-state index < -0.39 is 0 Å². The lowest BCUT2D eigenvalue weighted by Crippen LogP contribution is -2.02. The van der Waals surface area contributed by atoms with E-state index in [2.05, 4.69) is 22.9 Å². The molecule has 0 aromatic rings. The molecule has 154 valence electrons. The van der Waals surface area contributed by atoms with Crippen molar-refractivity contribution in [2.24, 2.45) is 0 Å². The molecule has 0 aliphatic rings. The molecule has 0 N–H and O–H groups in total. The van der Waals surface area contributed by atoms with E-state index in [4.69, 9.17) is 4.74 Å². The van der Waals surface area contributed by atoms with Gasteiger partial charge in [0.2, 0.25) is 0 Å². The Balaban J connectivity index is 3.22. The highest BCUT2D eigenvalue weighted by Gasteiger charge is 1.97. The standard InChI is InChI=1S/C23H43BrO2/c1-2-3-4-5-6-11-14-17-20-23(25)26-22-19-16-13-10-8-7-9-12-15-18-21-24/h17,20H,2-16,18-19,21-22H2,1H3/b20-17+. The highest BCUT2D eigenvalue weighted by Crippen LogP contribution is 2.11. The first-order chi connectivity index (χ1) is 12.8.